The smallest absolute Gasteiger partial charge is 0.135 e. The van der Waals surface area contributed by atoms with E-state index in [9.17, 15) is 0 Å². The maximum absolute atomic E-state index is 6.21. The third kappa shape index (κ3) is 2.95. The highest BCUT2D eigenvalue weighted by molar-refractivity contribution is 6.35. The van der Waals surface area contributed by atoms with Gasteiger partial charge in [-0.3, -0.25) is 9.97 Å². The van der Waals surface area contributed by atoms with Crippen molar-refractivity contribution in [3.63, 3.8) is 0 Å². The van der Waals surface area contributed by atoms with Gasteiger partial charge >= 0.3 is 0 Å². The van der Waals surface area contributed by atoms with Crippen LogP contribution in [0.5, 0.6) is 0 Å². The van der Waals surface area contributed by atoms with Crippen LogP contribution in [0.3, 0.4) is 0 Å². The normalized spacial score (nSPS) is 12.2. The molecule has 0 aliphatic rings. The number of furan rings is 1. The van der Waals surface area contributed by atoms with Crippen molar-refractivity contribution in [1.82, 2.24) is 19.1 Å². The summed E-state index contributed by atoms with van der Waals surface area (Å²) in [5.41, 5.74) is 10.2. The Kier molecular flexibility index (Phi) is 4.39. The minimum Gasteiger partial charge on any atom is -0.456 e. The van der Waals surface area contributed by atoms with Gasteiger partial charge in [0.05, 0.1) is 33.1 Å². The van der Waals surface area contributed by atoms with Crippen LogP contribution in [-0.4, -0.2) is 19.1 Å². The van der Waals surface area contributed by atoms with Crippen molar-refractivity contribution < 1.29 is 4.42 Å². The fraction of sp³-hybridized carbons (Fsp3) is 0. The van der Waals surface area contributed by atoms with Crippen molar-refractivity contribution in [1.29, 1.82) is 0 Å². The van der Waals surface area contributed by atoms with E-state index in [1.165, 1.54) is 0 Å². The van der Waals surface area contributed by atoms with Gasteiger partial charge in [0.1, 0.15) is 11.2 Å². The molecule has 0 saturated heterocycles. The van der Waals surface area contributed by atoms with Crippen molar-refractivity contribution in [3.05, 3.63) is 134 Å². The van der Waals surface area contributed by atoms with E-state index in [1.54, 1.807) is 12.4 Å². The predicted octanol–water partition coefficient (Wildman–Crippen LogP) is 9.72. The molecule has 5 nitrogen and oxygen atoms in total. The molecular weight excluding hydrogens is 528 g/mol. The van der Waals surface area contributed by atoms with Crippen LogP contribution in [0.2, 0.25) is 0 Å². The maximum atomic E-state index is 6.21. The zero-order valence-electron chi connectivity index (χ0n) is 22.9. The van der Waals surface area contributed by atoms with Crippen LogP contribution in [0.4, 0.5) is 0 Å². The summed E-state index contributed by atoms with van der Waals surface area (Å²) in [6.45, 7) is 0. The first-order chi connectivity index (χ1) is 21.4. The van der Waals surface area contributed by atoms with Gasteiger partial charge in [0.25, 0.3) is 0 Å². The zero-order valence-corrected chi connectivity index (χ0v) is 22.9. The van der Waals surface area contributed by atoms with E-state index in [1.807, 2.05) is 12.1 Å². The van der Waals surface area contributed by atoms with Crippen LogP contribution in [0.15, 0.2) is 138 Å². The minimum absolute atomic E-state index is 0.880. The molecule has 5 heteroatoms. The molecule has 0 bridgehead atoms. The molecule has 0 N–H and O–H groups in total. The highest BCUT2D eigenvalue weighted by Crippen LogP contribution is 2.45. The summed E-state index contributed by atoms with van der Waals surface area (Å²) >= 11 is 0. The number of rotatable bonds is 2. The molecule has 0 unspecified atom stereocenters. The van der Waals surface area contributed by atoms with Crippen LogP contribution in [0.1, 0.15) is 0 Å². The van der Waals surface area contributed by atoms with Crippen molar-refractivity contribution >= 4 is 76.6 Å². The largest absolute Gasteiger partial charge is 0.456 e. The summed E-state index contributed by atoms with van der Waals surface area (Å²) in [5, 5.41) is 6.71. The second-order valence-electron chi connectivity index (χ2n) is 11.0. The molecule has 10 rings (SSSR count). The molecular formula is C38H22N4O. The third-order valence-corrected chi connectivity index (χ3v) is 8.78. The van der Waals surface area contributed by atoms with Gasteiger partial charge in [-0.2, -0.15) is 0 Å². The Morgan fingerprint density at radius 3 is 1.65 bits per heavy atom. The van der Waals surface area contributed by atoms with Gasteiger partial charge in [0.2, 0.25) is 0 Å². The molecule has 43 heavy (non-hydrogen) atoms. The number of benzene rings is 6. The number of fused-ring (bicyclic) bond motifs is 13. The Bertz CT molecular complexity index is 2730. The van der Waals surface area contributed by atoms with E-state index in [4.69, 9.17) is 14.4 Å². The molecule has 0 radical (unpaired) electrons. The first kappa shape index (κ1) is 22.7. The second kappa shape index (κ2) is 8.30. The van der Waals surface area contributed by atoms with Crippen LogP contribution < -0.4 is 0 Å². The second-order valence-corrected chi connectivity index (χ2v) is 11.0. The van der Waals surface area contributed by atoms with Crippen LogP contribution in [0.25, 0.3) is 88.0 Å². The molecule has 0 atom stereocenters. The lowest BCUT2D eigenvalue weighted by molar-refractivity contribution is 0.669. The van der Waals surface area contributed by atoms with Crippen LogP contribution in [-0.2, 0) is 0 Å². The molecule has 0 spiro atoms. The topological polar surface area (TPSA) is 48.8 Å². The van der Waals surface area contributed by atoms with Crippen molar-refractivity contribution in [3.8, 4) is 11.4 Å². The fourth-order valence-electron chi connectivity index (χ4n) is 7.08. The average molecular weight is 551 g/mol. The monoisotopic (exact) mass is 550 g/mol. The number of hydrogen-bond donors (Lipinski definition) is 0. The van der Waals surface area contributed by atoms with Crippen molar-refractivity contribution in [2.24, 2.45) is 0 Å². The predicted molar refractivity (Wildman–Crippen MR) is 175 cm³/mol. The molecule has 0 saturated carbocycles. The Morgan fingerprint density at radius 1 is 0.442 bits per heavy atom. The Morgan fingerprint density at radius 2 is 0.977 bits per heavy atom. The molecule has 0 fully saturated rings. The van der Waals surface area contributed by atoms with Gasteiger partial charge in [-0.15, -0.1) is 0 Å². The lowest BCUT2D eigenvalue weighted by Crippen LogP contribution is -1.99. The molecule has 4 aromatic heterocycles. The van der Waals surface area contributed by atoms with Crippen molar-refractivity contribution in [2.45, 2.75) is 0 Å². The van der Waals surface area contributed by atoms with Crippen molar-refractivity contribution in [2.75, 3.05) is 0 Å². The Hall–Kier alpha value is -5.94. The number of para-hydroxylation sites is 4. The van der Waals surface area contributed by atoms with Gasteiger partial charge < -0.3 is 13.6 Å². The van der Waals surface area contributed by atoms with Gasteiger partial charge in [-0.05, 0) is 48.5 Å². The van der Waals surface area contributed by atoms with Crippen LogP contribution in [0, 0.1) is 0 Å². The van der Waals surface area contributed by atoms with Gasteiger partial charge in [0.15, 0.2) is 0 Å². The lowest BCUT2D eigenvalue weighted by Gasteiger charge is -2.13. The molecule has 200 valence electrons. The third-order valence-electron chi connectivity index (χ3n) is 8.78. The summed E-state index contributed by atoms with van der Waals surface area (Å²) in [6, 6.07) is 42.6. The summed E-state index contributed by atoms with van der Waals surface area (Å²) in [5.74, 6) is 0. The number of aromatic nitrogens is 4. The summed E-state index contributed by atoms with van der Waals surface area (Å²) in [6.07, 6.45) is 3.61. The van der Waals surface area contributed by atoms with E-state index >= 15 is 0 Å². The van der Waals surface area contributed by atoms with Gasteiger partial charge in [0, 0.05) is 56.1 Å². The van der Waals surface area contributed by atoms with E-state index in [2.05, 4.69) is 118 Å². The molecule has 6 aromatic carbocycles. The molecule has 0 amide bonds. The summed E-state index contributed by atoms with van der Waals surface area (Å²) in [4.78, 5) is 9.96. The summed E-state index contributed by atoms with van der Waals surface area (Å²) < 4.78 is 11.0. The first-order valence-electron chi connectivity index (χ1n) is 14.4. The Balaban J connectivity index is 1.51. The molecule has 10 aromatic rings. The highest BCUT2D eigenvalue weighted by Gasteiger charge is 2.25. The van der Waals surface area contributed by atoms with E-state index in [0.29, 0.717) is 0 Å². The van der Waals surface area contributed by atoms with Gasteiger partial charge in [-0.25, -0.2) is 0 Å². The van der Waals surface area contributed by atoms with E-state index in [0.717, 1.165) is 88.0 Å². The minimum atomic E-state index is 0.880. The Labute approximate surface area is 244 Å². The highest BCUT2D eigenvalue weighted by atomic mass is 16.3. The SMILES string of the molecule is c1ccc(-n2c3ccccc3c3c4nccnc4c4c5ccccc5n(-c5ccc6oc7ccccc7c6c5)c4c32)cc1. The number of hydrogen-bond acceptors (Lipinski definition) is 3. The molecule has 0 aliphatic heterocycles. The number of nitrogens with zero attached hydrogens (tertiary/aromatic N) is 4. The standard InChI is InChI=1S/C38H22N4O/c1-2-10-23(11-3-1)41-29-15-7-4-13-26(29)33-35-36(40-21-20-39-35)34-27-14-5-8-16-30(27)42(38(34)37(33)41)24-18-19-32-28(22-24)25-12-6-9-17-31(25)43-32/h1-22H. The average Bonchev–Trinajstić information content (AvgIpc) is 3.73. The maximum Gasteiger partial charge on any atom is 0.135 e. The van der Waals surface area contributed by atoms with Gasteiger partial charge in [-0.1, -0.05) is 72.8 Å². The summed E-state index contributed by atoms with van der Waals surface area (Å²) in [7, 11) is 0. The lowest BCUT2D eigenvalue weighted by atomic mass is 10.1. The zero-order chi connectivity index (χ0) is 28.1. The molecule has 0 aliphatic carbocycles. The van der Waals surface area contributed by atoms with E-state index in [-0.39, 0.29) is 0 Å². The van der Waals surface area contributed by atoms with E-state index < -0.39 is 0 Å². The quantitative estimate of drug-likeness (QED) is 0.215. The van der Waals surface area contributed by atoms with Crippen LogP contribution >= 0.6 is 0 Å². The first-order valence-corrected chi connectivity index (χ1v) is 14.4. The fourth-order valence-corrected chi connectivity index (χ4v) is 7.08. The molecule has 4 heterocycles.